The first kappa shape index (κ1) is 19.0. The molecule has 1 fully saturated rings. The number of aromatic nitrogens is 1. The Morgan fingerprint density at radius 1 is 1.04 bits per heavy atom. The molecule has 2 amide bonds. The molecule has 27 heavy (non-hydrogen) atoms. The molecule has 2 heterocycles. The van der Waals surface area contributed by atoms with Crippen LogP contribution in [0.3, 0.4) is 0 Å². The van der Waals surface area contributed by atoms with E-state index in [1.165, 1.54) is 0 Å². The Bertz CT molecular complexity index is 753. The first-order valence-electron chi connectivity index (χ1n) is 9.48. The lowest BCUT2D eigenvalue weighted by Crippen LogP contribution is -2.37. The maximum atomic E-state index is 12.8. The monoisotopic (exact) mass is 369 g/mol. The summed E-state index contributed by atoms with van der Waals surface area (Å²) in [6.07, 6.45) is 4.96. The molecule has 1 saturated heterocycles. The van der Waals surface area contributed by atoms with Crippen molar-refractivity contribution in [3.63, 3.8) is 0 Å². The molecular weight excluding hydrogens is 342 g/mol. The van der Waals surface area contributed by atoms with E-state index in [4.69, 9.17) is 4.74 Å². The van der Waals surface area contributed by atoms with Crippen molar-refractivity contribution in [3.8, 4) is 5.75 Å². The summed E-state index contributed by atoms with van der Waals surface area (Å²) in [4.78, 5) is 31.9. The number of hydrogen-bond acceptors (Lipinski definition) is 3. The highest BCUT2D eigenvalue weighted by molar-refractivity contribution is 5.94. The Labute approximate surface area is 160 Å². The van der Waals surface area contributed by atoms with Crippen LogP contribution in [0.1, 0.15) is 36.2 Å². The van der Waals surface area contributed by atoms with Crippen LogP contribution in [0.15, 0.2) is 42.7 Å². The minimum atomic E-state index is 0.00558. The summed E-state index contributed by atoms with van der Waals surface area (Å²) in [5.41, 5.74) is 1.64. The molecule has 2 aromatic rings. The van der Waals surface area contributed by atoms with Gasteiger partial charge in [0.15, 0.2) is 0 Å². The highest BCUT2D eigenvalue weighted by atomic mass is 16.5. The fourth-order valence-corrected chi connectivity index (χ4v) is 3.26. The summed E-state index contributed by atoms with van der Waals surface area (Å²) in [6.45, 7) is 6.43. The van der Waals surface area contributed by atoms with Gasteiger partial charge < -0.3 is 19.5 Å². The van der Waals surface area contributed by atoms with Crippen LogP contribution in [0, 0.1) is 0 Å². The maximum absolute atomic E-state index is 12.8. The molecule has 1 aromatic carbocycles. The van der Waals surface area contributed by atoms with E-state index < -0.39 is 0 Å². The molecule has 1 aliphatic rings. The van der Waals surface area contributed by atoms with E-state index in [0.717, 1.165) is 17.7 Å². The Hall–Kier alpha value is -2.76. The normalized spacial score (nSPS) is 14.9. The molecular formula is C21H27N3O3. The molecule has 1 aliphatic heterocycles. The molecule has 144 valence electrons. The van der Waals surface area contributed by atoms with Gasteiger partial charge in [-0.15, -0.1) is 0 Å². The van der Waals surface area contributed by atoms with Crippen molar-refractivity contribution in [2.75, 3.05) is 26.2 Å². The number of nitrogens with zero attached hydrogens (tertiary/aromatic N) is 2. The predicted octanol–water partition coefficient (Wildman–Crippen LogP) is 2.72. The molecule has 0 aliphatic carbocycles. The van der Waals surface area contributed by atoms with Crippen molar-refractivity contribution in [2.24, 2.45) is 0 Å². The van der Waals surface area contributed by atoms with Gasteiger partial charge in [-0.05, 0) is 56.2 Å². The van der Waals surface area contributed by atoms with Crippen LogP contribution in [0.2, 0.25) is 0 Å². The second kappa shape index (κ2) is 8.75. The van der Waals surface area contributed by atoms with Crippen molar-refractivity contribution in [2.45, 2.75) is 32.8 Å². The van der Waals surface area contributed by atoms with Gasteiger partial charge in [-0.25, -0.2) is 0 Å². The van der Waals surface area contributed by atoms with Crippen LogP contribution in [-0.4, -0.2) is 58.9 Å². The molecule has 0 radical (unpaired) electrons. The number of rotatable bonds is 5. The van der Waals surface area contributed by atoms with E-state index in [2.05, 4.69) is 4.98 Å². The number of carbonyl (C=O) groups excluding carboxylic acids is 2. The fraction of sp³-hybridized carbons (Fsp3) is 0.429. The van der Waals surface area contributed by atoms with E-state index in [0.29, 0.717) is 38.2 Å². The highest BCUT2D eigenvalue weighted by Gasteiger charge is 2.23. The number of benzene rings is 1. The van der Waals surface area contributed by atoms with Crippen LogP contribution < -0.4 is 4.74 Å². The number of hydrogen-bond donors (Lipinski definition) is 1. The average molecular weight is 369 g/mol. The number of carbonyl (C=O) groups is 2. The van der Waals surface area contributed by atoms with Crippen LogP contribution in [0.5, 0.6) is 5.75 Å². The maximum Gasteiger partial charge on any atom is 0.253 e. The molecule has 0 bridgehead atoms. The number of aromatic amines is 1. The Balaban J connectivity index is 1.56. The minimum absolute atomic E-state index is 0.00558. The molecule has 1 N–H and O–H groups in total. The summed E-state index contributed by atoms with van der Waals surface area (Å²) in [5, 5.41) is 0. The third kappa shape index (κ3) is 5.12. The molecule has 0 unspecified atom stereocenters. The first-order chi connectivity index (χ1) is 13.0. The van der Waals surface area contributed by atoms with E-state index in [9.17, 15) is 9.59 Å². The van der Waals surface area contributed by atoms with E-state index in [1.54, 1.807) is 12.1 Å². The van der Waals surface area contributed by atoms with Gasteiger partial charge in [-0.2, -0.15) is 0 Å². The molecule has 0 spiro atoms. The number of nitrogens with one attached hydrogen (secondary N) is 1. The summed E-state index contributed by atoms with van der Waals surface area (Å²) in [7, 11) is 0. The zero-order valence-corrected chi connectivity index (χ0v) is 16.0. The van der Waals surface area contributed by atoms with Gasteiger partial charge in [-0.1, -0.05) is 0 Å². The lowest BCUT2D eigenvalue weighted by Gasteiger charge is -2.22. The molecule has 6 nitrogen and oxygen atoms in total. The number of H-pyrrole nitrogens is 1. The van der Waals surface area contributed by atoms with Crippen molar-refractivity contribution in [3.05, 3.63) is 53.9 Å². The average Bonchev–Trinajstić information content (AvgIpc) is 3.02. The van der Waals surface area contributed by atoms with Gasteiger partial charge >= 0.3 is 0 Å². The van der Waals surface area contributed by atoms with Gasteiger partial charge in [0.2, 0.25) is 5.91 Å². The van der Waals surface area contributed by atoms with Gasteiger partial charge in [0.25, 0.3) is 5.91 Å². The quantitative estimate of drug-likeness (QED) is 0.881. The van der Waals surface area contributed by atoms with E-state index >= 15 is 0 Å². The van der Waals surface area contributed by atoms with Crippen LogP contribution >= 0.6 is 0 Å². The lowest BCUT2D eigenvalue weighted by molar-refractivity contribution is -0.130. The molecule has 1 aromatic heterocycles. The van der Waals surface area contributed by atoms with Gasteiger partial charge in [0.05, 0.1) is 12.5 Å². The second-order valence-electron chi connectivity index (χ2n) is 7.11. The summed E-state index contributed by atoms with van der Waals surface area (Å²) < 4.78 is 5.63. The topological polar surface area (TPSA) is 65.6 Å². The summed E-state index contributed by atoms with van der Waals surface area (Å²) >= 11 is 0. The number of amides is 2. The molecule has 6 heteroatoms. The lowest BCUT2D eigenvalue weighted by atomic mass is 10.2. The first-order valence-corrected chi connectivity index (χ1v) is 9.48. The van der Waals surface area contributed by atoms with Crippen molar-refractivity contribution >= 4 is 11.8 Å². The predicted molar refractivity (Wildman–Crippen MR) is 104 cm³/mol. The summed E-state index contributed by atoms with van der Waals surface area (Å²) in [6, 6.07) is 9.19. The third-order valence-corrected chi connectivity index (χ3v) is 4.63. The number of ether oxygens (including phenoxy) is 1. The minimum Gasteiger partial charge on any atom is -0.491 e. The van der Waals surface area contributed by atoms with Crippen molar-refractivity contribution in [1.82, 2.24) is 14.8 Å². The summed E-state index contributed by atoms with van der Waals surface area (Å²) in [5.74, 6) is 0.879. The Morgan fingerprint density at radius 2 is 1.74 bits per heavy atom. The van der Waals surface area contributed by atoms with Gasteiger partial charge in [-0.3, -0.25) is 9.59 Å². The van der Waals surface area contributed by atoms with Gasteiger partial charge in [0, 0.05) is 44.1 Å². The van der Waals surface area contributed by atoms with Crippen molar-refractivity contribution in [1.29, 1.82) is 0 Å². The standard InChI is InChI=1S/C21H27N3O3/c1-16(2)27-19-6-4-18(5-7-19)21(26)24-11-3-10-23(12-13-24)20(25)14-17-8-9-22-15-17/h4-9,15-16,22H,3,10-14H2,1-2H3. The molecule has 0 saturated carbocycles. The van der Waals surface area contributed by atoms with Crippen molar-refractivity contribution < 1.29 is 14.3 Å². The Morgan fingerprint density at radius 3 is 2.41 bits per heavy atom. The second-order valence-corrected chi connectivity index (χ2v) is 7.11. The fourth-order valence-electron chi connectivity index (χ4n) is 3.26. The highest BCUT2D eigenvalue weighted by Crippen LogP contribution is 2.16. The van der Waals surface area contributed by atoms with E-state index in [-0.39, 0.29) is 17.9 Å². The van der Waals surface area contributed by atoms with Crippen LogP contribution in [0.4, 0.5) is 0 Å². The largest absolute Gasteiger partial charge is 0.491 e. The molecule has 3 rings (SSSR count). The Kier molecular flexibility index (Phi) is 6.16. The van der Waals surface area contributed by atoms with Gasteiger partial charge in [0.1, 0.15) is 5.75 Å². The van der Waals surface area contributed by atoms with Crippen LogP contribution in [-0.2, 0) is 11.2 Å². The molecule has 0 atom stereocenters. The zero-order valence-electron chi connectivity index (χ0n) is 16.0. The van der Waals surface area contributed by atoms with E-state index in [1.807, 2.05) is 54.2 Å². The van der Waals surface area contributed by atoms with Crippen LogP contribution in [0.25, 0.3) is 0 Å². The third-order valence-electron chi connectivity index (χ3n) is 4.63. The zero-order chi connectivity index (χ0) is 19.2. The smallest absolute Gasteiger partial charge is 0.253 e. The SMILES string of the molecule is CC(C)Oc1ccc(C(=O)N2CCCN(C(=O)Cc3cc[nH]c3)CC2)cc1.